The van der Waals surface area contributed by atoms with Crippen LogP contribution < -0.4 is 4.57 Å². The van der Waals surface area contributed by atoms with Crippen molar-refractivity contribution in [1.29, 1.82) is 0 Å². The number of aromatic nitrogens is 1. The fourth-order valence-corrected chi connectivity index (χ4v) is 4.20. The van der Waals surface area contributed by atoms with E-state index in [1.165, 1.54) is 58.6 Å². The van der Waals surface area contributed by atoms with Crippen molar-refractivity contribution < 1.29 is 4.57 Å². The number of alkyl halides is 1. The van der Waals surface area contributed by atoms with Crippen LogP contribution in [-0.4, -0.2) is 5.33 Å². The maximum atomic E-state index is 3.55. The van der Waals surface area contributed by atoms with Crippen molar-refractivity contribution in [2.45, 2.75) is 71.8 Å². The first-order chi connectivity index (χ1) is 13.0. The molecule has 0 N–H and O–H groups in total. The number of aryl methyl sites for hydroxylation is 1. The predicted octanol–water partition coefficient (Wildman–Crippen LogP) is 7.48. The lowest BCUT2D eigenvalue weighted by atomic mass is 9.98. The highest BCUT2D eigenvalue weighted by Gasteiger charge is 2.17. The molecule has 3 aromatic rings. The molecule has 0 atom stereocenters. The average molecular weight is 427 g/mol. The predicted molar refractivity (Wildman–Crippen MR) is 122 cm³/mol. The summed E-state index contributed by atoms with van der Waals surface area (Å²) in [4.78, 5) is 0. The van der Waals surface area contributed by atoms with Gasteiger partial charge in [0.2, 0.25) is 11.0 Å². The lowest BCUT2D eigenvalue weighted by Crippen LogP contribution is -2.36. The third kappa shape index (κ3) is 4.71. The first-order valence-corrected chi connectivity index (χ1v) is 11.6. The largest absolute Gasteiger partial charge is 0.213 e. The van der Waals surface area contributed by atoms with E-state index in [1.54, 1.807) is 0 Å². The Balaban J connectivity index is 2.11. The number of benzene rings is 2. The highest BCUT2D eigenvalue weighted by Crippen LogP contribution is 2.25. The standard InChI is InChI=1S/C25H33BrN/c1-18(2)20-9-11-22-15-23-12-10-21(19(3)4)17-25(23)27(24(22)16-20)14-8-6-5-7-13-26/h9-12,15-19H,5-8,13-14H2,1-4H3/q+1. The van der Waals surface area contributed by atoms with Gasteiger partial charge in [-0.05, 0) is 54.0 Å². The van der Waals surface area contributed by atoms with Gasteiger partial charge in [-0.25, -0.2) is 0 Å². The van der Waals surface area contributed by atoms with Crippen LogP contribution in [0.25, 0.3) is 21.8 Å². The Morgan fingerprint density at radius 2 is 1.22 bits per heavy atom. The molecule has 1 nitrogen and oxygen atoms in total. The molecule has 0 aliphatic heterocycles. The molecule has 1 heterocycles. The maximum absolute atomic E-state index is 3.55. The van der Waals surface area contributed by atoms with Gasteiger partial charge < -0.3 is 0 Å². The molecule has 0 fully saturated rings. The maximum Gasteiger partial charge on any atom is 0.213 e. The third-order valence-corrected chi connectivity index (χ3v) is 6.16. The fraction of sp³-hybridized carbons (Fsp3) is 0.480. The van der Waals surface area contributed by atoms with Gasteiger partial charge in [-0.1, -0.05) is 62.2 Å². The summed E-state index contributed by atoms with van der Waals surface area (Å²) in [7, 11) is 0. The van der Waals surface area contributed by atoms with Crippen LogP contribution in [0.2, 0.25) is 0 Å². The van der Waals surface area contributed by atoms with Crippen molar-refractivity contribution in [3.8, 4) is 0 Å². The van der Waals surface area contributed by atoms with Gasteiger partial charge in [-0.2, -0.15) is 4.57 Å². The molecular formula is C25H33BrN+. The number of nitrogens with zero attached hydrogens (tertiary/aromatic N) is 1. The second kappa shape index (κ2) is 9.19. The zero-order valence-corrected chi connectivity index (χ0v) is 18.8. The smallest absolute Gasteiger partial charge is 0.191 e. The van der Waals surface area contributed by atoms with Crippen molar-refractivity contribution >= 4 is 37.7 Å². The Labute approximate surface area is 172 Å². The molecule has 27 heavy (non-hydrogen) atoms. The number of rotatable bonds is 8. The molecule has 0 spiro atoms. The summed E-state index contributed by atoms with van der Waals surface area (Å²) in [6, 6.07) is 16.4. The molecule has 0 unspecified atom stereocenters. The lowest BCUT2D eigenvalue weighted by Gasteiger charge is -2.11. The Hall–Kier alpha value is -1.41. The van der Waals surface area contributed by atoms with Crippen LogP contribution in [0, 0.1) is 0 Å². The van der Waals surface area contributed by atoms with Crippen LogP contribution >= 0.6 is 15.9 Å². The number of hydrogen-bond donors (Lipinski definition) is 0. The fourth-order valence-electron chi connectivity index (χ4n) is 3.81. The molecule has 0 bridgehead atoms. The van der Waals surface area contributed by atoms with Gasteiger partial charge in [0.25, 0.3) is 0 Å². The average Bonchev–Trinajstić information content (AvgIpc) is 2.66. The third-order valence-electron chi connectivity index (χ3n) is 5.60. The summed E-state index contributed by atoms with van der Waals surface area (Å²) < 4.78 is 2.58. The lowest BCUT2D eigenvalue weighted by molar-refractivity contribution is -0.645. The number of pyridine rings is 1. The Morgan fingerprint density at radius 1 is 0.704 bits per heavy atom. The summed E-state index contributed by atoms with van der Waals surface area (Å²) in [5.41, 5.74) is 5.62. The van der Waals surface area contributed by atoms with Crippen LogP contribution in [0.1, 0.15) is 76.3 Å². The molecule has 3 rings (SSSR count). The highest BCUT2D eigenvalue weighted by molar-refractivity contribution is 9.09. The SMILES string of the molecule is CC(C)c1ccc2cc3ccc(C(C)C)cc3[n+](CCCCCCBr)c2c1. The second-order valence-corrected chi connectivity index (χ2v) is 9.14. The van der Waals surface area contributed by atoms with Gasteiger partial charge in [0, 0.05) is 34.7 Å². The number of hydrogen-bond acceptors (Lipinski definition) is 0. The zero-order valence-electron chi connectivity index (χ0n) is 17.3. The van der Waals surface area contributed by atoms with Crippen molar-refractivity contribution in [2.75, 3.05) is 5.33 Å². The van der Waals surface area contributed by atoms with E-state index in [4.69, 9.17) is 0 Å². The zero-order chi connectivity index (χ0) is 19.4. The van der Waals surface area contributed by atoms with E-state index in [2.05, 4.69) is 90.7 Å². The van der Waals surface area contributed by atoms with Gasteiger partial charge in [-0.3, -0.25) is 0 Å². The Morgan fingerprint density at radius 3 is 1.70 bits per heavy atom. The van der Waals surface area contributed by atoms with Crippen LogP contribution in [0.3, 0.4) is 0 Å². The number of fused-ring (bicyclic) bond motifs is 2. The van der Waals surface area contributed by atoms with E-state index in [1.807, 2.05) is 0 Å². The molecule has 0 aliphatic rings. The second-order valence-electron chi connectivity index (χ2n) is 8.35. The van der Waals surface area contributed by atoms with E-state index >= 15 is 0 Å². The quantitative estimate of drug-likeness (QED) is 0.152. The van der Waals surface area contributed by atoms with Crippen molar-refractivity contribution in [2.24, 2.45) is 0 Å². The molecule has 2 aromatic carbocycles. The molecule has 0 aliphatic carbocycles. The normalized spacial score (nSPS) is 12.0. The van der Waals surface area contributed by atoms with Crippen molar-refractivity contribution in [3.05, 3.63) is 53.6 Å². The number of halogens is 1. The van der Waals surface area contributed by atoms with Crippen molar-refractivity contribution in [3.63, 3.8) is 0 Å². The summed E-state index contributed by atoms with van der Waals surface area (Å²) in [5, 5.41) is 3.82. The topological polar surface area (TPSA) is 3.88 Å². The van der Waals surface area contributed by atoms with Gasteiger partial charge in [0.05, 0.1) is 0 Å². The van der Waals surface area contributed by atoms with Crippen LogP contribution in [-0.2, 0) is 6.54 Å². The molecule has 144 valence electrons. The van der Waals surface area contributed by atoms with Gasteiger partial charge >= 0.3 is 0 Å². The summed E-state index contributed by atoms with van der Waals surface area (Å²) in [6.45, 7) is 10.2. The van der Waals surface area contributed by atoms with Gasteiger partial charge in [-0.15, -0.1) is 0 Å². The highest BCUT2D eigenvalue weighted by atomic mass is 79.9. The van der Waals surface area contributed by atoms with E-state index in [-0.39, 0.29) is 0 Å². The summed E-state index contributed by atoms with van der Waals surface area (Å²) in [5.74, 6) is 1.11. The van der Waals surface area contributed by atoms with Crippen LogP contribution in [0.5, 0.6) is 0 Å². The van der Waals surface area contributed by atoms with E-state index < -0.39 is 0 Å². The molecule has 2 heteroatoms. The van der Waals surface area contributed by atoms with Crippen LogP contribution in [0.4, 0.5) is 0 Å². The minimum Gasteiger partial charge on any atom is -0.191 e. The summed E-state index contributed by atoms with van der Waals surface area (Å²) >= 11 is 3.55. The molecule has 0 amide bonds. The summed E-state index contributed by atoms with van der Waals surface area (Å²) in [6.07, 6.45) is 5.12. The van der Waals surface area contributed by atoms with E-state index in [9.17, 15) is 0 Å². The van der Waals surface area contributed by atoms with E-state index in [0.717, 1.165) is 11.9 Å². The van der Waals surface area contributed by atoms with Gasteiger partial charge in [0.1, 0.15) is 6.54 Å². The van der Waals surface area contributed by atoms with Crippen LogP contribution in [0.15, 0.2) is 42.5 Å². The molecule has 0 saturated heterocycles. The first kappa shape index (κ1) is 20.3. The first-order valence-electron chi connectivity index (χ1n) is 10.5. The molecule has 0 saturated carbocycles. The Kier molecular flexibility index (Phi) is 6.92. The number of unbranched alkanes of at least 4 members (excludes halogenated alkanes) is 3. The molecular weight excluding hydrogens is 394 g/mol. The Bertz CT molecular complexity index is 845. The van der Waals surface area contributed by atoms with Gasteiger partial charge in [0.15, 0.2) is 0 Å². The van der Waals surface area contributed by atoms with E-state index in [0.29, 0.717) is 11.8 Å². The molecule has 0 radical (unpaired) electrons. The minimum absolute atomic E-state index is 0.555. The minimum atomic E-state index is 0.555. The molecule has 1 aromatic heterocycles. The monoisotopic (exact) mass is 426 g/mol. The van der Waals surface area contributed by atoms with Crippen molar-refractivity contribution in [1.82, 2.24) is 0 Å².